The molecule has 76 valence electrons. The molecule has 0 saturated carbocycles. The number of hydrogen-bond donors (Lipinski definition) is 1. The van der Waals surface area contributed by atoms with Gasteiger partial charge in [-0.3, -0.25) is 0 Å². The van der Waals surface area contributed by atoms with Gasteiger partial charge in [-0.15, -0.1) is 5.10 Å². The molecule has 15 heavy (non-hydrogen) atoms. The fourth-order valence-electron chi connectivity index (χ4n) is 1.02. The lowest BCUT2D eigenvalue weighted by Crippen LogP contribution is -2.12. The third kappa shape index (κ3) is 1.95. The lowest BCUT2D eigenvalue weighted by molar-refractivity contribution is 0.842. The summed E-state index contributed by atoms with van der Waals surface area (Å²) < 4.78 is 1.43. The van der Waals surface area contributed by atoms with E-state index in [-0.39, 0.29) is 4.99 Å². The van der Waals surface area contributed by atoms with Crippen LogP contribution in [0.25, 0.3) is 5.82 Å². The number of nitrogens with zero attached hydrogens (tertiary/aromatic N) is 4. The van der Waals surface area contributed by atoms with E-state index in [1.807, 2.05) is 0 Å². The Bertz CT molecular complexity index is 509. The van der Waals surface area contributed by atoms with Crippen molar-refractivity contribution in [2.75, 3.05) is 0 Å². The highest BCUT2D eigenvalue weighted by atomic mass is 35.5. The van der Waals surface area contributed by atoms with Gasteiger partial charge >= 0.3 is 0 Å². The predicted octanol–water partition coefficient (Wildman–Crippen LogP) is 0.950. The Morgan fingerprint density at radius 2 is 2.27 bits per heavy atom. The molecule has 0 unspecified atom stereocenters. The zero-order chi connectivity index (χ0) is 10.8. The van der Waals surface area contributed by atoms with E-state index < -0.39 is 0 Å². The van der Waals surface area contributed by atoms with E-state index in [4.69, 9.17) is 29.6 Å². The van der Waals surface area contributed by atoms with Crippen LogP contribution in [0.3, 0.4) is 0 Å². The molecule has 0 aliphatic rings. The molecule has 0 aromatic carbocycles. The van der Waals surface area contributed by atoms with Crippen LogP contribution < -0.4 is 5.73 Å². The van der Waals surface area contributed by atoms with Crippen molar-refractivity contribution in [2.24, 2.45) is 5.73 Å². The molecule has 0 aliphatic carbocycles. The standard InChI is InChI=1S/C8H6ClN5S/c9-5-2-1-3-11-8(5)14-4-12-7(13-14)6(10)15/h1-4H,(H2,10,15). The van der Waals surface area contributed by atoms with Crippen molar-refractivity contribution in [3.05, 3.63) is 35.5 Å². The van der Waals surface area contributed by atoms with E-state index >= 15 is 0 Å². The van der Waals surface area contributed by atoms with Gasteiger partial charge in [-0.1, -0.05) is 23.8 Å². The van der Waals surface area contributed by atoms with Crippen LogP contribution in [0.5, 0.6) is 0 Å². The van der Waals surface area contributed by atoms with Crippen molar-refractivity contribution in [2.45, 2.75) is 0 Å². The fraction of sp³-hybridized carbons (Fsp3) is 0. The SMILES string of the molecule is NC(=S)c1ncn(-c2ncccc2Cl)n1. The summed E-state index contributed by atoms with van der Waals surface area (Å²) in [7, 11) is 0. The molecule has 0 saturated heterocycles. The van der Waals surface area contributed by atoms with Crippen LogP contribution in [-0.2, 0) is 0 Å². The Labute approximate surface area is 95.9 Å². The highest BCUT2D eigenvalue weighted by Gasteiger charge is 2.08. The summed E-state index contributed by atoms with van der Waals surface area (Å²) in [4.78, 5) is 8.13. The van der Waals surface area contributed by atoms with Crippen LogP contribution in [-0.4, -0.2) is 24.7 Å². The second-order valence-corrected chi connectivity index (χ2v) is 3.53. The molecule has 7 heteroatoms. The smallest absolute Gasteiger partial charge is 0.208 e. The molecule has 2 aromatic heterocycles. The molecule has 0 fully saturated rings. The van der Waals surface area contributed by atoms with E-state index in [1.54, 1.807) is 18.3 Å². The Hall–Kier alpha value is -1.53. The van der Waals surface area contributed by atoms with Gasteiger partial charge in [-0.2, -0.15) is 0 Å². The van der Waals surface area contributed by atoms with Crippen LogP contribution in [0.1, 0.15) is 5.82 Å². The molecule has 0 spiro atoms. The third-order valence-electron chi connectivity index (χ3n) is 1.67. The highest BCUT2D eigenvalue weighted by molar-refractivity contribution is 7.80. The van der Waals surface area contributed by atoms with E-state index in [0.29, 0.717) is 16.7 Å². The first kappa shape index (κ1) is 10.0. The molecule has 0 bridgehead atoms. The second-order valence-electron chi connectivity index (χ2n) is 2.69. The van der Waals surface area contributed by atoms with Crippen molar-refractivity contribution in [3.63, 3.8) is 0 Å². The number of halogens is 1. The summed E-state index contributed by atoms with van der Waals surface area (Å²) in [6, 6.07) is 3.45. The van der Waals surface area contributed by atoms with Gasteiger partial charge in [-0.25, -0.2) is 14.6 Å². The average Bonchev–Trinajstić information content (AvgIpc) is 2.67. The maximum atomic E-state index is 5.93. The van der Waals surface area contributed by atoms with Crippen LogP contribution in [0, 0.1) is 0 Å². The van der Waals surface area contributed by atoms with Crippen LogP contribution in [0.15, 0.2) is 24.7 Å². The normalized spacial score (nSPS) is 10.2. The van der Waals surface area contributed by atoms with Crippen molar-refractivity contribution in [1.29, 1.82) is 0 Å². The van der Waals surface area contributed by atoms with Crippen LogP contribution >= 0.6 is 23.8 Å². The quantitative estimate of drug-likeness (QED) is 0.791. The topological polar surface area (TPSA) is 69.6 Å². The van der Waals surface area contributed by atoms with Gasteiger partial charge in [0.1, 0.15) is 11.3 Å². The zero-order valence-corrected chi connectivity index (χ0v) is 9.03. The molecule has 0 atom stereocenters. The molecule has 0 radical (unpaired) electrons. The van der Waals surface area contributed by atoms with Gasteiger partial charge in [0.2, 0.25) is 5.82 Å². The van der Waals surface area contributed by atoms with E-state index in [9.17, 15) is 0 Å². The first-order chi connectivity index (χ1) is 7.18. The number of rotatable bonds is 2. The van der Waals surface area contributed by atoms with Gasteiger partial charge in [0.15, 0.2) is 5.82 Å². The molecule has 2 aromatic rings. The van der Waals surface area contributed by atoms with E-state index in [1.165, 1.54) is 11.0 Å². The molecule has 0 aliphatic heterocycles. The molecule has 0 amide bonds. The van der Waals surface area contributed by atoms with Gasteiger partial charge in [-0.05, 0) is 12.1 Å². The summed E-state index contributed by atoms with van der Waals surface area (Å²) in [5, 5.41) is 4.52. The average molecular weight is 240 g/mol. The number of thiocarbonyl (C=S) groups is 1. The maximum Gasteiger partial charge on any atom is 0.208 e. The van der Waals surface area contributed by atoms with Crippen molar-refractivity contribution in [3.8, 4) is 5.82 Å². The lowest BCUT2D eigenvalue weighted by Gasteiger charge is -2.00. The third-order valence-corrected chi connectivity index (χ3v) is 2.15. The van der Waals surface area contributed by atoms with Crippen LogP contribution in [0.2, 0.25) is 5.02 Å². The lowest BCUT2D eigenvalue weighted by atomic mass is 10.5. The summed E-state index contributed by atoms with van der Waals surface area (Å²) in [5.41, 5.74) is 5.38. The van der Waals surface area contributed by atoms with Crippen molar-refractivity contribution in [1.82, 2.24) is 19.7 Å². The molecule has 2 heterocycles. The highest BCUT2D eigenvalue weighted by Crippen LogP contribution is 2.15. The van der Waals surface area contributed by atoms with Crippen LogP contribution in [0.4, 0.5) is 0 Å². The minimum absolute atomic E-state index is 0.140. The molecule has 2 N–H and O–H groups in total. The second kappa shape index (κ2) is 3.92. The number of pyridine rings is 1. The fourth-order valence-corrected chi connectivity index (χ4v) is 1.33. The maximum absolute atomic E-state index is 5.93. The largest absolute Gasteiger partial charge is 0.387 e. The molecule has 2 rings (SSSR count). The molecular formula is C8H6ClN5S. The summed E-state index contributed by atoms with van der Waals surface area (Å²) in [6.07, 6.45) is 3.08. The minimum atomic E-state index is 0.140. The summed E-state index contributed by atoms with van der Waals surface area (Å²) in [5.74, 6) is 0.792. The minimum Gasteiger partial charge on any atom is -0.387 e. The summed E-state index contributed by atoms with van der Waals surface area (Å²) >= 11 is 10.7. The summed E-state index contributed by atoms with van der Waals surface area (Å²) in [6.45, 7) is 0. The Kier molecular flexibility index (Phi) is 2.61. The van der Waals surface area contributed by atoms with Gasteiger partial charge < -0.3 is 5.73 Å². The van der Waals surface area contributed by atoms with Gasteiger partial charge in [0.05, 0.1) is 5.02 Å². The number of aromatic nitrogens is 4. The monoisotopic (exact) mass is 239 g/mol. The number of hydrogen-bond acceptors (Lipinski definition) is 4. The molecule has 5 nitrogen and oxygen atoms in total. The van der Waals surface area contributed by atoms with E-state index in [2.05, 4.69) is 15.1 Å². The van der Waals surface area contributed by atoms with Gasteiger partial charge in [0.25, 0.3) is 0 Å². The van der Waals surface area contributed by atoms with Crippen molar-refractivity contribution < 1.29 is 0 Å². The zero-order valence-electron chi connectivity index (χ0n) is 7.46. The predicted molar refractivity (Wildman–Crippen MR) is 60.1 cm³/mol. The first-order valence-corrected chi connectivity index (χ1v) is 4.79. The molecular weight excluding hydrogens is 234 g/mol. The van der Waals surface area contributed by atoms with E-state index in [0.717, 1.165) is 0 Å². The Morgan fingerprint density at radius 3 is 2.87 bits per heavy atom. The first-order valence-electron chi connectivity index (χ1n) is 4.01. The number of nitrogens with two attached hydrogens (primary N) is 1. The Morgan fingerprint density at radius 1 is 1.47 bits per heavy atom. The van der Waals surface area contributed by atoms with Gasteiger partial charge in [0, 0.05) is 6.20 Å². The van der Waals surface area contributed by atoms with Crippen molar-refractivity contribution >= 4 is 28.8 Å². The Balaban J connectivity index is 2.46.